The molecule has 4 nitrogen and oxygen atoms in total. The van der Waals surface area contributed by atoms with E-state index in [9.17, 15) is 0 Å². The van der Waals surface area contributed by atoms with Gasteiger partial charge in [-0.05, 0) is 0 Å². The van der Waals surface area contributed by atoms with Crippen LogP contribution in [0.15, 0.2) is 0 Å². The van der Waals surface area contributed by atoms with Crippen LogP contribution >= 0.6 is 0 Å². The molecule has 0 heterocycles. The minimum atomic E-state index is -6.17. The summed E-state index contributed by atoms with van der Waals surface area (Å²) in [6, 6.07) is 0. The van der Waals surface area contributed by atoms with Crippen molar-refractivity contribution in [3.05, 3.63) is 0 Å². The van der Waals surface area contributed by atoms with Crippen LogP contribution in [0.1, 0.15) is 0 Å². The first-order valence-corrected chi connectivity index (χ1v) is 5.46. The van der Waals surface area contributed by atoms with Gasteiger partial charge in [-0.25, -0.2) is 0 Å². The van der Waals surface area contributed by atoms with Crippen LogP contribution in [-0.2, 0) is 29.5 Å². The van der Waals surface area contributed by atoms with Crippen molar-refractivity contribution in [2.45, 2.75) is 0 Å². The fourth-order valence-electron chi connectivity index (χ4n) is 0. The van der Waals surface area contributed by atoms with Gasteiger partial charge < -0.3 is 0 Å². The number of rotatable bonds is 0. The topological polar surface area (TPSA) is 68.3 Å². The van der Waals surface area contributed by atoms with Gasteiger partial charge in [0.15, 0.2) is 0 Å². The third-order valence-corrected chi connectivity index (χ3v) is 0. The zero-order valence-corrected chi connectivity index (χ0v) is 11.0. The van der Waals surface area contributed by atoms with Crippen LogP contribution < -0.4 is 59.1 Å². The fourth-order valence-corrected chi connectivity index (χ4v) is 0. The van der Waals surface area contributed by atoms with Crippen molar-refractivity contribution in [2.24, 2.45) is 0 Å². The van der Waals surface area contributed by atoms with E-state index in [0.717, 1.165) is 0 Å². The Morgan fingerprint density at radius 1 is 0.714 bits per heavy atom. The van der Waals surface area contributed by atoms with E-state index in [1.807, 2.05) is 0 Å². The first-order chi connectivity index (χ1) is 2.00. The Labute approximate surface area is 87.0 Å². The average molecular weight is 294 g/mol. The number of hydrogen-bond donors (Lipinski definition) is 0. The monoisotopic (exact) mass is 294 g/mol. The van der Waals surface area contributed by atoms with Crippen LogP contribution in [0.5, 0.6) is 0 Å². The fraction of sp³-hybridized carbons (Fsp3) is 0. The Balaban J connectivity index is -0.0000000800. The maximum absolute atomic E-state index is 8.65. The molecule has 0 aromatic carbocycles. The van der Waals surface area contributed by atoms with E-state index in [0.29, 0.717) is 0 Å². The summed E-state index contributed by atoms with van der Waals surface area (Å²) in [7, 11) is 0. The quantitative estimate of drug-likeness (QED) is 0.417. The summed E-state index contributed by atoms with van der Waals surface area (Å²) in [5.41, 5.74) is 0. The zero-order chi connectivity index (χ0) is 4.50. The molecule has 0 aliphatic heterocycles. The molecule has 0 fully saturated rings. The second-order valence-corrected chi connectivity index (χ2v) is 3.34. The van der Waals surface area contributed by atoms with Crippen molar-refractivity contribution in [3.8, 4) is 0 Å². The molecule has 7 heteroatoms. The van der Waals surface area contributed by atoms with Gasteiger partial charge in [0.2, 0.25) is 0 Å². The molecule has 7 heavy (non-hydrogen) atoms. The van der Waals surface area contributed by atoms with E-state index < -0.39 is 15.9 Å². The average Bonchev–Trinajstić information content (AvgIpc) is 0.722. The molecule has 0 saturated carbocycles. The summed E-state index contributed by atoms with van der Waals surface area (Å²) in [6.45, 7) is 0. The van der Waals surface area contributed by atoms with E-state index in [2.05, 4.69) is 0 Å². The summed E-state index contributed by atoms with van der Waals surface area (Å²) in [5.74, 6) is 0. The number of hydrogen-bond acceptors (Lipinski definition) is 4. The van der Waals surface area contributed by atoms with Crippen molar-refractivity contribution in [1.29, 1.82) is 0 Å². The SMILES string of the molecule is [Na+].[Na+].[O]=[W-2](=[O])(=[O])=[O]. The van der Waals surface area contributed by atoms with Gasteiger partial charge in [-0.3, -0.25) is 0 Å². The Kier molecular flexibility index (Phi) is 13.7. The van der Waals surface area contributed by atoms with E-state index in [-0.39, 0.29) is 59.1 Å². The molecule has 0 aromatic heterocycles. The first-order valence-electron chi connectivity index (χ1n) is 0.667. The van der Waals surface area contributed by atoms with E-state index >= 15 is 0 Å². The molecule has 0 unspecified atom stereocenters. The van der Waals surface area contributed by atoms with Gasteiger partial charge in [-0.1, -0.05) is 0 Å². The summed E-state index contributed by atoms with van der Waals surface area (Å²) in [6.07, 6.45) is 0. The third kappa shape index (κ3) is 76.7. The molecule has 0 rings (SSSR count). The predicted octanol–water partition coefficient (Wildman–Crippen LogP) is -6.47. The molecular formula is Na2O4W. The summed E-state index contributed by atoms with van der Waals surface area (Å²) >= 11 is -6.17. The van der Waals surface area contributed by atoms with Gasteiger partial charge in [0.05, 0.1) is 0 Å². The first kappa shape index (κ1) is 16.0. The van der Waals surface area contributed by atoms with Crippen molar-refractivity contribution in [2.75, 3.05) is 0 Å². The van der Waals surface area contributed by atoms with Crippen molar-refractivity contribution < 1.29 is 88.6 Å². The van der Waals surface area contributed by atoms with E-state index in [1.165, 1.54) is 0 Å². The van der Waals surface area contributed by atoms with E-state index in [4.69, 9.17) is 13.6 Å². The van der Waals surface area contributed by atoms with Crippen molar-refractivity contribution >= 4 is 0 Å². The van der Waals surface area contributed by atoms with Gasteiger partial charge >= 0.3 is 88.6 Å². The van der Waals surface area contributed by atoms with Crippen LogP contribution in [0.3, 0.4) is 0 Å². The molecular weight excluding hydrogens is 294 g/mol. The van der Waals surface area contributed by atoms with Gasteiger partial charge in [0, 0.05) is 0 Å². The van der Waals surface area contributed by atoms with Gasteiger partial charge in [0.1, 0.15) is 0 Å². The Morgan fingerprint density at radius 2 is 0.714 bits per heavy atom. The molecule has 0 aliphatic carbocycles. The molecule has 0 amide bonds. The molecule has 0 saturated heterocycles. The predicted molar refractivity (Wildman–Crippen MR) is 2.75 cm³/mol. The van der Waals surface area contributed by atoms with Gasteiger partial charge in [0.25, 0.3) is 0 Å². The van der Waals surface area contributed by atoms with Crippen molar-refractivity contribution in [3.63, 3.8) is 0 Å². The molecule has 0 aliphatic rings. The van der Waals surface area contributed by atoms with Gasteiger partial charge in [-0.2, -0.15) is 0 Å². The third-order valence-electron chi connectivity index (χ3n) is 0. The normalized spacial score (nSPS) is 8.00. The molecule has 0 bridgehead atoms. The molecule has 0 spiro atoms. The summed E-state index contributed by atoms with van der Waals surface area (Å²) in [5, 5.41) is 0. The Bertz CT molecular complexity index is 161. The van der Waals surface area contributed by atoms with Crippen LogP contribution in [-0.4, -0.2) is 0 Å². The summed E-state index contributed by atoms with van der Waals surface area (Å²) in [4.78, 5) is 0. The minimum absolute atomic E-state index is 0. The summed E-state index contributed by atoms with van der Waals surface area (Å²) < 4.78 is 34.6. The second-order valence-electron chi connectivity index (χ2n) is 0.408. The van der Waals surface area contributed by atoms with Crippen LogP contribution in [0, 0.1) is 0 Å². The standard InChI is InChI=1S/2Na.4O.W/q2*+1;;;;;-2. The molecule has 0 radical (unpaired) electrons. The molecule has 32 valence electrons. The Hall–Kier alpha value is 1.89. The maximum atomic E-state index is 8.65. The molecule has 0 aromatic rings. The molecule has 0 atom stereocenters. The van der Waals surface area contributed by atoms with Gasteiger partial charge in [-0.15, -0.1) is 0 Å². The van der Waals surface area contributed by atoms with E-state index in [1.54, 1.807) is 0 Å². The Morgan fingerprint density at radius 3 is 0.714 bits per heavy atom. The molecule has 0 N–H and O–H groups in total. The zero-order valence-electron chi connectivity index (χ0n) is 4.04. The second kappa shape index (κ2) is 6.02. The van der Waals surface area contributed by atoms with Crippen LogP contribution in [0.25, 0.3) is 0 Å². The van der Waals surface area contributed by atoms with Crippen LogP contribution in [0.4, 0.5) is 0 Å². The van der Waals surface area contributed by atoms with Crippen LogP contribution in [0.2, 0.25) is 0 Å². The van der Waals surface area contributed by atoms with Crippen molar-refractivity contribution in [1.82, 2.24) is 0 Å².